The van der Waals surface area contributed by atoms with E-state index in [0.29, 0.717) is 5.56 Å². The maximum absolute atomic E-state index is 12.4. The fourth-order valence-electron chi connectivity index (χ4n) is 1.72. The van der Waals surface area contributed by atoms with E-state index in [1.807, 2.05) is 0 Å². The predicted octanol–water partition coefficient (Wildman–Crippen LogP) is 1.70. The Morgan fingerprint density at radius 2 is 2.15 bits per heavy atom. The van der Waals surface area contributed by atoms with Gasteiger partial charge in [-0.1, -0.05) is 0 Å². The number of nitrogens with zero attached hydrogens (tertiary/aromatic N) is 1. The van der Waals surface area contributed by atoms with Crippen molar-refractivity contribution in [3.8, 4) is 0 Å². The van der Waals surface area contributed by atoms with Crippen LogP contribution >= 0.6 is 0 Å². The van der Waals surface area contributed by atoms with E-state index >= 15 is 0 Å². The number of hydrogen-bond acceptors (Lipinski definition) is 5. The van der Waals surface area contributed by atoms with E-state index in [0.717, 1.165) is 10.4 Å². The number of aromatic carboxylic acids is 1. The highest BCUT2D eigenvalue weighted by Gasteiger charge is 2.27. The van der Waals surface area contributed by atoms with Crippen LogP contribution in [0.25, 0.3) is 0 Å². The lowest BCUT2D eigenvalue weighted by atomic mass is 10.3. The van der Waals surface area contributed by atoms with Crippen LogP contribution in [0.4, 0.5) is 0 Å². The van der Waals surface area contributed by atoms with Gasteiger partial charge in [-0.25, -0.2) is 13.2 Å². The van der Waals surface area contributed by atoms with E-state index in [1.165, 1.54) is 26.5 Å². The van der Waals surface area contributed by atoms with Crippen LogP contribution in [0.3, 0.4) is 0 Å². The summed E-state index contributed by atoms with van der Waals surface area (Å²) < 4.78 is 35.6. The molecule has 0 radical (unpaired) electrons. The van der Waals surface area contributed by atoms with Gasteiger partial charge in [0.15, 0.2) is 0 Å². The van der Waals surface area contributed by atoms with E-state index in [2.05, 4.69) is 0 Å². The minimum absolute atomic E-state index is 0.0430. The minimum Gasteiger partial charge on any atom is -0.475 e. The number of sulfonamides is 1. The van der Waals surface area contributed by atoms with Gasteiger partial charge in [0.2, 0.25) is 15.8 Å². The lowest BCUT2D eigenvalue weighted by molar-refractivity contribution is 0.0661. The third-order valence-electron chi connectivity index (χ3n) is 2.76. The second-order valence-electron chi connectivity index (χ2n) is 4.23. The number of rotatable bonds is 5. The quantitative estimate of drug-likeness (QED) is 0.901. The molecule has 0 spiro atoms. The van der Waals surface area contributed by atoms with Crippen molar-refractivity contribution in [1.29, 1.82) is 0 Å². The Labute approximate surface area is 115 Å². The summed E-state index contributed by atoms with van der Waals surface area (Å²) in [6.07, 6.45) is 2.89. The third kappa shape index (κ3) is 2.61. The van der Waals surface area contributed by atoms with Crippen molar-refractivity contribution in [2.45, 2.75) is 18.4 Å². The molecule has 0 atom stereocenters. The minimum atomic E-state index is -3.82. The largest absolute Gasteiger partial charge is 0.475 e. The molecule has 8 heteroatoms. The molecule has 20 heavy (non-hydrogen) atoms. The normalized spacial score (nSPS) is 11.9. The maximum atomic E-state index is 12.4. The summed E-state index contributed by atoms with van der Waals surface area (Å²) in [6, 6.07) is 2.66. The molecule has 0 aliphatic heterocycles. The molecule has 2 rings (SSSR count). The molecule has 108 valence electrons. The van der Waals surface area contributed by atoms with Gasteiger partial charge in [-0.3, -0.25) is 0 Å². The smallest absolute Gasteiger partial charge is 0.371 e. The van der Waals surface area contributed by atoms with E-state index in [1.54, 1.807) is 6.07 Å². The molecule has 0 aromatic carbocycles. The zero-order valence-corrected chi connectivity index (χ0v) is 11.7. The fourth-order valence-corrected chi connectivity index (χ4v) is 3.04. The van der Waals surface area contributed by atoms with Crippen molar-refractivity contribution in [2.75, 3.05) is 7.05 Å². The van der Waals surface area contributed by atoms with Crippen LogP contribution < -0.4 is 0 Å². The van der Waals surface area contributed by atoms with Crippen molar-refractivity contribution in [2.24, 2.45) is 0 Å². The van der Waals surface area contributed by atoms with Crippen molar-refractivity contribution in [3.63, 3.8) is 0 Å². The molecule has 0 aliphatic carbocycles. The number of carboxylic acids is 1. The number of carbonyl (C=O) groups is 1. The molecule has 2 heterocycles. The molecule has 0 fully saturated rings. The van der Waals surface area contributed by atoms with Gasteiger partial charge in [0.05, 0.1) is 12.5 Å². The van der Waals surface area contributed by atoms with Gasteiger partial charge >= 0.3 is 5.97 Å². The van der Waals surface area contributed by atoms with Crippen molar-refractivity contribution in [3.05, 3.63) is 41.7 Å². The number of aryl methyl sites for hydroxylation is 1. The third-order valence-corrected chi connectivity index (χ3v) is 4.67. The first kappa shape index (κ1) is 14.4. The maximum Gasteiger partial charge on any atom is 0.371 e. The Kier molecular flexibility index (Phi) is 3.69. The molecule has 2 aromatic heterocycles. The average Bonchev–Trinajstić information content (AvgIpc) is 2.98. The highest BCUT2D eigenvalue weighted by Crippen LogP contribution is 2.24. The first-order valence-electron chi connectivity index (χ1n) is 5.63. The molecule has 0 saturated heterocycles. The average molecular weight is 299 g/mol. The van der Waals surface area contributed by atoms with Gasteiger partial charge in [0.1, 0.15) is 10.7 Å². The molecular weight excluding hydrogens is 286 g/mol. The van der Waals surface area contributed by atoms with E-state index in [-0.39, 0.29) is 17.2 Å². The molecule has 0 bridgehead atoms. The summed E-state index contributed by atoms with van der Waals surface area (Å²) in [5, 5.41) is 8.82. The molecule has 2 aromatic rings. The molecule has 1 N–H and O–H groups in total. The first-order valence-corrected chi connectivity index (χ1v) is 7.07. The Balaban J connectivity index is 2.32. The van der Waals surface area contributed by atoms with Crippen molar-refractivity contribution < 1.29 is 27.2 Å². The van der Waals surface area contributed by atoms with Gasteiger partial charge in [-0.2, -0.15) is 4.31 Å². The summed E-state index contributed by atoms with van der Waals surface area (Å²) in [4.78, 5) is 10.7. The Morgan fingerprint density at radius 1 is 1.45 bits per heavy atom. The number of furan rings is 2. The second kappa shape index (κ2) is 5.14. The zero-order chi connectivity index (χ0) is 14.9. The lowest BCUT2D eigenvalue weighted by Crippen LogP contribution is -2.26. The van der Waals surface area contributed by atoms with Gasteiger partial charge < -0.3 is 13.9 Å². The Morgan fingerprint density at radius 3 is 2.65 bits per heavy atom. The number of hydrogen-bond donors (Lipinski definition) is 1. The SMILES string of the molecule is Cc1oc(C(=O)O)cc1S(=O)(=O)N(C)Cc1ccoc1. The zero-order valence-electron chi connectivity index (χ0n) is 10.9. The predicted molar refractivity (Wildman–Crippen MR) is 67.8 cm³/mol. The number of carboxylic acid groups (broad SMARTS) is 1. The Bertz CT molecular complexity index is 713. The fraction of sp³-hybridized carbons (Fsp3) is 0.250. The van der Waals surface area contributed by atoms with Gasteiger partial charge in [-0.05, 0) is 13.0 Å². The van der Waals surface area contributed by atoms with Gasteiger partial charge in [-0.15, -0.1) is 0 Å². The van der Waals surface area contributed by atoms with Crippen LogP contribution in [0.5, 0.6) is 0 Å². The van der Waals surface area contributed by atoms with Crippen molar-refractivity contribution >= 4 is 16.0 Å². The summed E-state index contributed by atoms with van der Waals surface area (Å²) >= 11 is 0. The van der Waals surface area contributed by atoms with Crippen LogP contribution in [-0.2, 0) is 16.6 Å². The van der Waals surface area contributed by atoms with Gasteiger partial charge in [0.25, 0.3) is 0 Å². The summed E-state index contributed by atoms with van der Waals surface area (Å²) in [5.74, 6) is -1.67. The second-order valence-corrected chi connectivity index (χ2v) is 6.24. The van der Waals surface area contributed by atoms with E-state index in [9.17, 15) is 13.2 Å². The van der Waals surface area contributed by atoms with Crippen LogP contribution in [0.2, 0.25) is 0 Å². The highest BCUT2D eigenvalue weighted by atomic mass is 32.2. The monoisotopic (exact) mass is 299 g/mol. The van der Waals surface area contributed by atoms with Crippen LogP contribution in [-0.4, -0.2) is 30.8 Å². The van der Waals surface area contributed by atoms with Crippen LogP contribution in [0, 0.1) is 6.92 Å². The van der Waals surface area contributed by atoms with Gasteiger partial charge in [0, 0.05) is 25.2 Å². The van der Waals surface area contributed by atoms with E-state index < -0.39 is 21.8 Å². The molecule has 0 aliphatic rings. The van der Waals surface area contributed by atoms with Crippen molar-refractivity contribution in [1.82, 2.24) is 4.31 Å². The molecule has 7 nitrogen and oxygen atoms in total. The molecule has 0 unspecified atom stereocenters. The lowest BCUT2D eigenvalue weighted by Gasteiger charge is -2.15. The standard InChI is InChI=1S/C12H13NO6S/c1-8-11(5-10(19-8)12(14)15)20(16,17)13(2)6-9-3-4-18-7-9/h3-5,7H,6H2,1-2H3,(H,14,15). The van der Waals surface area contributed by atoms with E-state index in [4.69, 9.17) is 13.9 Å². The topological polar surface area (TPSA) is 101 Å². The molecular formula is C12H13NO6S. The molecule has 0 amide bonds. The first-order chi connectivity index (χ1) is 9.32. The Hall–Kier alpha value is -2.06. The molecule has 0 saturated carbocycles. The van der Waals surface area contributed by atoms with Crippen LogP contribution in [0.1, 0.15) is 21.9 Å². The summed E-state index contributed by atoms with van der Waals surface area (Å²) in [6.45, 7) is 1.52. The highest BCUT2D eigenvalue weighted by molar-refractivity contribution is 7.89. The summed E-state index contributed by atoms with van der Waals surface area (Å²) in [7, 11) is -2.43. The van der Waals surface area contributed by atoms with Crippen LogP contribution in [0.15, 0.2) is 38.4 Å². The summed E-state index contributed by atoms with van der Waals surface area (Å²) in [5.41, 5.74) is 0.690.